The zero-order valence-electron chi connectivity index (χ0n) is 12.2. The van der Waals surface area contributed by atoms with E-state index in [1.165, 1.54) is 19.3 Å². The molecule has 0 nitrogen and oxygen atoms in total. The summed E-state index contributed by atoms with van der Waals surface area (Å²) in [6.07, 6.45) is 3.98. The van der Waals surface area contributed by atoms with E-state index in [4.69, 9.17) is 0 Å². The number of rotatable bonds is 1. The van der Waals surface area contributed by atoms with Crippen LogP contribution < -0.4 is 0 Å². The van der Waals surface area contributed by atoms with Crippen LogP contribution in [0.4, 0.5) is 0 Å². The van der Waals surface area contributed by atoms with Gasteiger partial charge in [-0.1, -0.05) is 71.7 Å². The number of benzene rings is 1. The third-order valence-corrected chi connectivity index (χ3v) is 4.10. The van der Waals surface area contributed by atoms with Crippen LogP contribution in [0.2, 0.25) is 0 Å². The van der Waals surface area contributed by atoms with Crippen molar-refractivity contribution in [3.8, 4) is 0 Å². The topological polar surface area (TPSA) is 0 Å². The van der Waals surface area contributed by atoms with Gasteiger partial charge in [0.05, 0.1) is 0 Å². The molecular weight excluding hydrogens is 204 g/mol. The summed E-state index contributed by atoms with van der Waals surface area (Å²) < 4.78 is 0. The molecule has 96 valence electrons. The summed E-state index contributed by atoms with van der Waals surface area (Å²) in [6.45, 7) is 11.4. The van der Waals surface area contributed by atoms with E-state index in [1.54, 1.807) is 11.1 Å². The van der Waals surface area contributed by atoms with Crippen LogP contribution in [0, 0.1) is 5.92 Å². The van der Waals surface area contributed by atoms with Gasteiger partial charge >= 0.3 is 0 Å². The van der Waals surface area contributed by atoms with E-state index in [0.717, 1.165) is 17.8 Å². The van der Waals surface area contributed by atoms with Crippen molar-refractivity contribution >= 4 is 0 Å². The van der Waals surface area contributed by atoms with Gasteiger partial charge in [0.15, 0.2) is 0 Å². The Morgan fingerprint density at radius 1 is 0.941 bits per heavy atom. The first-order chi connectivity index (χ1) is 8.11. The van der Waals surface area contributed by atoms with E-state index in [1.807, 2.05) is 0 Å². The quantitative estimate of drug-likeness (QED) is 0.579. The van der Waals surface area contributed by atoms with Gasteiger partial charge in [-0.05, 0) is 35.3 Å². The Kier molecular flexibility index (Phi) is 5.74. The average Bonchev–Trinajstić information content (AvgIpc) is 2.36. The van der Waals surface area contributed by atoms with Crippen LogP contribution in [-0.2, 0) is 0 Å². The SMILES string of the molecule is CC1CC(C)C(C)c2ccccc21.CCCC. The first kappa shape index (κ1) is 14.3. The monoisotopic (exact) mass is 232 g/mol. The van der Waals surface area contributed by atoms with E-state index in [9.17, 15) is 0 Å². The predicted molar refractivity (Wildman–Crippen MR) is 77.6 cm³/mol. The number of unbranched alkanes of at least 4 members (excludes halogenated alkanes) is 1. The van der Waals surface area contributed by atoms with Gasteiger partial charge in [0.2, 0.25) is 0 Å². The fraction of sp³-hybridized carbons (Fsp3) is 0.647. The van der Waals surface area contributed by atoms with Gasteiger partial charge in [-0.2, -0.15) is 0 Å². The average molecular weight is 232 g/mol. The third kappa shape index (κ3) is 3.59. The lowest BCUT2D eigenvalue weighted by atomic mass is 9.72. The van der Waals surface area contributed by atoms with Gasteiger partial charge in [-0.3, -0.25) is 0 Å². The Balaban J connectivity index is 0.000000317. The maximum absolute atomic E-state index is 2.37. The Bertz CT molecular complexity index is 325. The van der Waals surface area contributed by atoms with E-state index >= 15 is 0 Å². The number of fused-ring (bicyclic) bond motifs is 1. The molecule has 0 heterocycles. The summed E-state index contributed by atoms with van der Waals surface area (Å²) in [5.41, 5.74) is 3.15. The van der Waals surface area contributed by atoms with Gasteiger partial charge in [0.1, 0.15) is 0 Å². The predicted octanol–water partition coefficient (Wildman–Crippen LogP) is 5.74. The molecule has 3 atom stereocenters. The number of hydrogen-bond acceptors (Lipinski definition) is 0. The zero-order chi connectivity index (χ0) is 12.8. The fourth-order valence-electron chi connectivity index (χ4n) is 2.57. The summed E-state index contributed by atoms with van der Waals surface area (Å²) in [5.74, 6) is 2.33. The highest BCUT2D eigenvalue weighted by atomic mass is 14.3. The highest BCUT2D eigenvalue weighted by molar-refractivity contribution is 5.35. The van der Waals surface area contributed by atoms with Gasteiger partial charge in [-0.25, -0.2) is 0 Å². The summed E-state index contributed by atoms with van der Waals surface area (Å²) in [7, 11) is 0. The molecule has 0 heteroatoms. The minimum Gasteiger partial charge on any atom is -0.0654 e. The van der Waals surface area contributed by atoms with Crippen molar-refractivity contribution in [2.75, 3.05) is 0 Å². The molecule has 1 aromatic rings. The van der Waals surface area contributed by atoms with Crippen LogP contribution in [0.1, 0.15) is 76.8 Å². The lowest BCUT2D eigenvalue weighted by molar-refractivity contribution is 0.389. The van der Waals surface area contributed by atoms with Crippen molar-refractivity contribution in [3.63, 3.8) is 0 Å². The summed E-state index contributed by atoms with van der Waals surface area (Å²) >= 11 is 0. The van der Waals surface area contributed by atoms with Gasteiger partial charge in [0.25, 0.3) is 0 Å². The van der Waals surface area contributed by atoms with Crippen LogP contribution in [0.15, 0.2) is 24.3 Å². The standard InChI is InChI=1S/C13H18.C4H10/c1-9-8-10(2)12-6-4-5-7-13(12)11(9)3;1-3-4-2/h4-7,9-11H,8H2,1-3H3;3-4H2,1-2H3. The van der Waals surface area contributed by atoms with Crippen molar-refractivity contribution in [1.82, 2.24) is 0 Å². The molecule has 3 unspecified atom stereocenters. The molecule has 0 aliphatic heterocycles. The second-order valence-corrected chi connectivity index (χ2v) is 5.53. The highest BCUT2D eigenvalue weighted by Gasteiger charge is 2.26. The maximum atomic E-state index is 2.37. The lowest BCUT2D eigenvalue weighted by Gasteiger charge is -2.32. The normalized spacial score (nSPS) is 26.8. The van der Waals surface area contributed by atoms with Crippen LogP contribution in [-0.4, -0.2) is 0 Å². The van der Waals surface area contributed by atoms with Crippen molar-refractivity contribution < 1.29 is 0 Å². The molecule has 0 amide bonds. The van der Waals surface area contributed by atoms with E-state index in [2.05, 4.69) is 58.9 Å². The molecule has 1 aromatic carbocycles. The molecule has 0 saturated carbocycles. The van der Waals surface area contributed by atoms with Crippen LogP contribution in [0.3, 0.4) is 0 Å². The smallest absolute Gasteiger partial charge is 0.0162 e. The molecule has 1 aliphatic rings. The second-order valence-electron chi connectivity index (χ2n) is 5.53. The molecular formula is C17H28. The highest BCUT2D eigenvalue weighted by Crippen LogP contribution is 2.41. The zero-order valence-corrected chi connectivity index (χ0v) is 12.2. The van der Waals surface area contributed by atoms with E-state index in [-0.39, 0.29) is 0 Å². The van der Waals surface area contributed by atoms with Gasteiger partial charge in [0, 0.05) is 0 Å². The Morgan fingerprint density at radius 2 is 1.47 bits per heavy atom. The molecule has 1 aliphatic carbocycles. The Morgan fingerprint density at radius 3 is 2.00 bits per heavy atom. The summed E-state index contributed by atoms with van der Waals surface area (Å²) in [6, 6.07) is 8.92. The first-order valence-corrected chi connectivity index (χ1v) is 7.20. The van der Waals surface area contributed by atoms with Crippen LogP contribution in [0.5, 0.6) is 0 Å². The Labute approximate surface area is 107 Å². The maximum Gasteiger partial charge on any atom is -0.0162 e. The number of hydrogen-bond donors (Lipinski definition) is 0. The second kappa shape index (κ2) is 6.83. The molecule has 0 bridgehead atoms. The van der Waals surface area contributed by atoms with Gasteiger partial charge < -0.3 is 0 Å². The first-order valence-electron chi connectivity index (χ1n) is 7.20. The molecule has 0 radical (unpaired) electrons. The summed E-state index contributed by atoms with van der Waals surface area (Å²) in [5, 5.41) is 0. The van der Waals surface area contributed by atoms with Crippen LogP contribution in [0.25, 0.3) is 0 Å². The lowest BCUT2D eigenvalue weighted by Crippen LogP contribution is -2.18. The third-order valence-electron chi connectivity index (χ3n) is 4.10. The molecule has 0 spiro atoms. The van der Waals surface area contributed by atoms with Gasteiger partial charge in [-0.15, -0.1) is 0 Å². The minimum atomic E-state index is 0.743. The van der Waals surface area contributed by atoms with Crippen molar-refractivity contribution in [2.24, 2.45) is 5.92 Å². The molecule has 0 N–H and O–H groups in total. The summed E-state index contributed by atoms with van der Waals surface area (Å²) in [4.78, 5) is 0. The Hall–Kier alpha value is -0.780. The molecule has 2 rings (SSSR count). The van der Waals surface area contributed by atoms with Crippen molar-refractivity contribution in [3.05, 3.63) is 35.4 Å². The molecule has 0 saturated heterocycles. The molecule has 0 aromatic heterocycles. The van der Waals surface area contributed by atoms with Crippen LogP contribution >= 0.6 is 0 Å². The van der Waals surface area contributed by atoms with E-state index in [0.29, 0.717) is 0 Å². The minimum absolute atomic E-state index is 0.743. The van der Waals surface area contributed by atoms with Crippen molar-refractivity contribution in [2.45, 2.75) is 65.7 Å². The fourth-order valence-corrected chi connectivity index (χ4v) is 2.57. The largest absolute Gasteiger partial charge is 0.0654 e. The molecule has 0 fully saturated rings. The van der Waals surface area contributed by atoms with Crippen molar-refractivity contribution in [1.29, 1.82) is 0 Å². The molecule has 17 heavy (non-hydrogen) atoms. The van der Waals surface area contributed by atoms with E-state index < -0.39 is 0 Å².